The molecular formula is C12H17BrN2. The zero-order chi connectivity index (χ0) is 10.7. The number of anilines is 1. The van der Waals surface area contributed by atoms with Gasteiger partial charge in [-0.15, -0.1) is 0 Å². The van der Waals surface area contributed by atoms with Crippen LogP contribution in [0.4, 0.5) is 5.69 Å². The summed E-state index contributed by atoms with van der Waals surface area (Å²) in [6.45, 7) is 3.35. The molecule has 1 saturated heterocycles. The van der Waals surface area contributed by atoms with E-state index in [0.29, 0.717) is 0 Å². The lowest BCUT2D eigenvalue weighted by atomic mass is 10.1. The number of rotatable bonds is 3. The molecule has 2 rings (SSSR count). The van der Waals surface area contributed by atoms with Crippen LogP contribution in [0.25, 0.3) is 0 Å². The van der Waals surface area contributed by atoms with Gasteiger partial charge >= 0.3 is 0 Å². The molecule has 0 saturated carbocycles. The third-order valence-electron chi connectivity index (χ3n) is 2.86. The lowest BCUT2D eigenvalue weighted by Crippen LogP contribution is -2.20. The van der Waals surface area contributed by atoms with Gasteiger partial charge in [0, 0.05) is 29.8 Å². The minimum atomic E-state index is 0.936. The molecule has 2 nitrogen and oxygen atoms in total. The smallest absolute Gasteiger partial charge is 0.0412 e. The molecule has 15 heavy (non-hydrogen) atoms. The van der Waals surface area contributed by atoms with E-state index in [0.717, 1.165) is 11.0 Å². The molecule has 0 unspecified atom stereocenters. The van der Waals surface area contributed by atoms with Gasteiger partial charge < -0.3 is 10.2 Å². The van der Waals surface area contributed by atoms with Gasteiger partial charge in [0.05, 0.1) is 0 Å². The summed E-state index contributed by atoms with van der Waals surface area (Å²) in [5.41, 5.74) is 2.78. The quantitative estimate of drug-likeness (QED) is 0.907. The van der Waals surface area contributed by atoms with Gasteiger partial charge in [-0.25, -0.2) is 0 Å². The molecule has 1 aromatic carbocycles. The molecule has 1 heterocycles. The molecule has 0 atom stereocenters. The van der Waals surface area contributed by atoms with Crippen molar-refractivity contribution in [2.45, 2.75) is 19.4 Å². The molecule has 82 valence electrons. The monoisotopic (exact) mass is 268 g/mol. The normalized spacial score (nSPS) is 16.0. The minimum Gasteiger partial charge on any atom is -0.371 e. The van der Waals surface area contributed by atoms with E-state index in [1.165, 1.54) is 37.2 Å². The van der Waals surface area contributed by atoms with Crippen LogP contribution >= 0.6 is 15.9 Å². The third-order valence-corrected chi connectivity index (χ3v) is 3.35. The van der Waals surface area contributed by atoms with Gasteiger partial charge in [-0.2, -0.15) is 0 Å². The van der Waals surface area contributed by atoms with Crippen LogP contribution in [-0.4, -0.2) is 20.1 Å². The molecular weight excluding hydrogens is 252 g/mol. The van der Waals surface area contributed by atoms with Crippen molar-refractivity contribution in [3.63, 3.8) is 0 Å². The van der Waals surface area contributed by atoms with E-state index in [1.54, 1.807) is 0 Å². The van der Waals surface area contributed by atoms with E-state index in [1.807, 2.05) is 7.05 Å². The first kappa shape index (κ1) is 11.0. The molecule has 0 bridgehead atoms. The molecule has 0 spiro atoms. The second-order valence-electron chi connectivity index (χ2n) is 4.00. The van der Waals surface area contributed by atoms with E-state index in [2.05, 4.69) is 44.3 Å². The summed E-state index contributed by atoms with van der Waals surface area (Å²) in [5, 5.41) is 3.23. The predicted molar refractivity (Wildman–Crippen MR) is 68.4 cm³/mol. The molecule has 1 aliphatic rings. The fraction of sp³-hybridized carbons (Fsp3) is 0.500. The van der Waals surface area contributed by atoms with Crippen molar-refractivity contribution in [1.82, 2.24) is 5.32 Å². The van der Waals surface area contributed by atoms with Crippen LogP contribution in [0.5, 0.6) is 0 Å². The fourth-order valence-electron chi connectivity index (χ4n) is 2.15. The van der Waals surface area contributed by atoms with Crippen molar-refractivity contribution in [3.8, 4) is 0 Å². The topological polar surface area (TPSA) is 15.3 Å². The Labute approximate surface area is 99.8 Å². The average molecular weight is 269 g/mol. The molecule has 1 N–H and O–H groups in total. The maximum absolute atomic E-state index is 3.53. The summed E-state index contributed by atoms with van der Waals surface area (Å²) in [7, 11) is 1.99. The van der Waals surface area contributed by atoms with E-state index in [-0.39, 0.29) is 0 Å². The van der Waals surface area contributed by atoms with Crippen molar-refractivity contribution in [2.24, 2.45) is 0 Å². The summed E-state index contributed by atoms with van der Waals surface area (Å²) < 4.78 is 1.16. The first-order valence-corrected chi connectivity index (χ1v) is 6.28. The van der Waals surface area contributed by atoms with Gasteiger partial charge in [0.2, 0.25) is 0 Å². The van der Waals surface area contributed by atoms with Crippen LogP contribution in [-0.2, 0) is 6.54 Å². The highest BCUT2D eigenvalue weighted by Crippen LogP contribution is 2.27. The maximum Gasteiger partial charge on any atom is 0.0412 e. The van der Waals surface area contributed by atoms with Crippen LogP contribution in [0, 0.1) is 0 Å². The van der Waals surface area contributed by atoms with Crippen molar-refractivity contribution in [2.75, 3.05) is 25.0 Å². The molecule has 1 aromatic rings. The van der Waals surface area contributed by atoms with Crippen LogP contribution in [0.3, 0.4) is 0 Å². The highest BCUT2D eigenvalue weighted by atomic mass is 79.9. The SMILES string of the molecule is CNCc1cc(Br)ccc1N1CCCC1. The van der Waals surface area contributed by atoms with Crippen LogP contribution in [0.1, 0.15) is 18.4 Å². The predicted octanol–water partition coefficient (Wildman–Crippen LogP) is 2.77. The first-order chi connectivity index (χ1) is 7.31. The number of halogens is 1. The minimum absolute atomic E-state index is 0.936. The standard InChI is InChI=1S/C12H17BrN2/c1-14-9-10-8-11(13)4-5-12(10)15-6-2-3-7-15/h4-5,8,14H,2-3,6-7,9H2,1H3. The van der Waals surface area contributed by atoms with Gasteiger partial charge in [-0.3, -0.25) is 0 Å². The van der Waals surface area contributed by atoms with Crippen molar-refractivity contribution in [3.05, 3.63) is 28.2 Å². The summed E-state index contributed by atoms with van der Waals surface area (Å²) in [5.74, 6) is 0. The Morgan fingerprint density at radius 2 is 2.07 bits per heavy atom. The van der Waals surface area contributed by atoms with Gasteiger partial charge in [-0.1, -0.05) is 15.9 Å². The molecule has 3 heteroatoms. The Hall–Kier alpha value is -0.540. The van der Waals surface area contributed by atoms with E-state index >= 15 is 0 Å². The van der Waals surface area contributed by atoms with E-state index in [9.17, 15) is 0 Å². The molecule has 1 fully saturated rings. The van der Waals surface area contributed by atoms with Crippen LogP contribution in [0.2, 0.25) is 0 Å². The summed E-state index contributed by atoms with van der Waals surface area (Å²) >= 11 is 3.53. The average Bonchev–Trinajstić information content (AvgIpc) is 2.71. The largest absolute Gasteiger partial charge is 0.371 e. The zero-order valence-corrected chi connectivity index (χ0v) is 10.7. The summed E-state index contributed by atoms with van der Waals surface area (Å²) in [4.78, 5) is 2.49. The Morgan fingerprint density at radius 3 is 2.73 bits per heavy atom. The second kappa shape index (κ2) is 4.99. The molecule has 0 radical (unpaired) electrons. The zero-order valence-electron chi connectivity index (χ0n) is 9.09. The molecule has 1 aliphatic heterocycles. The van der Waals surface area contributed by atoms with Crippen LogP contribution in [0.15, 0.2) is 22.7 Å². The second-order valence-corrected chi connectivity index (χ2v) is 4.91. The van der Waals surface area contributed by atoms with Crippen LogP contribution < -0.4 is 10.2 Å². The Bertz CT molecular complexity index is 332. The number of nitrogens with zero attached hydrogens (tertiary/aromatic N) is 1. The van der Waals surface area contributed by atoms with Gasteiger partial charge in [0.25, 0.3) is 0 Å². The summed E-state index contributed by atoms with van der Waals surface area (Å²) in [6, 6.07) is 6.57. The summed E-state index contributed by atoms with van der Waals surface area (Å²) in [6.07, 6.45) is 2.66. The highest BCUT2D eigenvalue weighted by molar-refractivity contribution is 9.10. The Balaban J connectivity index is 2.27. The van der Waals surface area contributed by atoms with Crippen molar-refractivity contribution in [1.29, 1.82) is 0 Å². The van der Waals surface area contributed by atoms with Gasteiger partial charge in [0.15, 0.2) is 0 Å². The molecule has 0 aliphatic carbocycles. The lowest BCUT2D eigenvalue weighted by Gasteiger charge is -2.21. The van der Waals surface area contributed by atoms with Gasteiger partial charge in [-0.05, 0) is 43.7 Å². The maximum atomic E-state index is 3.53. The van der Waals surface area contributed by atoms with Gasteiger partial charge in [0.1, 0.15) is 0 Å². The Kier molecular flexibility index (Phi) is 3.65. The van der Waals surface area contributed by atoms with E-state index in [4.69, 9.17) is 0 Å². The van der Waals surface area contributed by atoms with E-state index < -0.39 is 0 Å². The number of benzene rings is 1. The molecule has 0 aromatic heterocycles. The first-order valence-electron chi connectivity index (χ1n) is 5.49. The molecule has 0 amide bonds. The lowest BCUT2D eigenvalue weighted by molar-refractivity contribution is 0.808. The highest BCUT2D eigenvalue weighted by Gasteiger charge is 2.15. The van der Waals surface area contributed by atoms with Crippen molar-refractivity contribution < 1.29 is 0 Å². The number of nitrogens with one attached hydrogen (secondary N) is 1. The fourth-order valence-corrected chi connectivity index (χ4v) is 2.56. The van der Waals surface area contributed by atoms with Crippen molar-refractivity contribution >= 4 is 21.6 Å². The Morgan fingerprint density at radius 1 is 1.33 bits per heavy atom. The third kappa shape index (κ3) is 2.52. The number of hydrogen-bond acceptors (Lipinski definition) is 2. The number of hydrogen-bond donors (Lipinski definition) is 1.